The Balaban J connectivity index is 1.31. The molecule has 2 heterocycles. The lowest BCUT2D eigenvalue weighted by Gasteiger charge is -2.14. The summed E-state index contributed by atoms with van der Waals surface area (Å²) in [5.74, 6) is 2.41. The van der Waals surface area contributed by atoms with Crippen molar-refractivity contribution in [2.24, 2.45) is 0 Å². The third-order valence-corrected chi connectivity index (χ3v) is 7.40. The molecular weight excluding hydrogens is 414 g/mol. The van der Waals surface area contributed by atoms with Crippen molar-refractivity contribution in [3.8, 4) is 0 Å². The number of nitrogens with zero attached hydrogens (tertiary/aromatic N) is 3. The molecule has 2 aromatic heterocycles. The highest BCUT2D eigenvalue weighted by Crippen LogP contribution is 2.39. The van der Waals surface area contributed by atoms with Gasteiger partial charge in [0.2, 0.25) is 16.0 Å². The summed E-state index contributed by atoms with van der Waals surface area (Å²) in [7, 11) is -3.28. The van der Waals surface area contributed by atoms with Gasteiger partial charge in [0.25, 0.3) is 0 Å². The molecular formula is C21H25N7O2S. The minimum Gasteiger partial charge on any atom is -0.340 e. The SMILES string of the molecule is Cc1cc(NS(=O)(=O)C2CC2)ccc1Nc1nc(Nc2cc(C3CC3)[nH]n2)ncc1C. The fourth-order valence-electron chi connectivity index (χ4n) is 3.37. The topological polar surface area (TPSA) is 125 Å². The number of H-pyrrole nitrogens is 1. The molecule has 1 aromatic carbocycles. The van der Waals surface area contributed by atoms with Gasteiger partial charge < -0.3 is 10.6 Å². The third kappa shape index (κ3) is 4.48. The molecule has 5 rings (SSSR count). The van der Waals surface area contributed by atoms with Crippen molar-refractivity contribution in [1.29, 1.82) is 0 Å². The van der Waals surface area contributed by atoms with Crippen LogP contribution in [0.4, 0.5) is 29.0 Å². The van der Waals surface area contributed by atoms with Crippen LogP contribution in [0, 0.1) is 13.8 Å². The molecule has 2 aliphatic rings. The number of sulfonamides is 1. The van der Waals surface area contributed by atoms with E-state index in [4.69, 9.17) is 0 Å². The summed E-state index contributed by atoms with van der Waals surface area (Å²) >= 11 is 0. The molecule has 0 saturated heterocycles. The van der Waals surface area contributed by atoms with Gasteiger partial charge in [-0.15, -0.1) is 0 Å². The van der Waals surface area contributed by atoms with Gasteiger partial charge in [0, 0.05) is 40.8 Å². The molecule has 162 valence electrons. The van der Waals surface area contributed by atoms with Gasteiger partial charge >= 0.3 is 0 Å². The Hall–Kier alpha value is -3.14. The van der Waals surface area contributed by atoms with E-state index < -0.39 is 10.0 Å². The van der Waals surface area contributed by atoms with Crippen LogP contribution in [-0.2, 0) is 10.0 Å². The van der Waals surface area contributed by atoms with Crippen LogP contribution in [0.25, 0.3) is 0 Å². The van der Waals surface area contributed by atoms with E-state index in [0.717, 1.165) is 35.3 Å². The second kappa shape index (κ2) is 7.52. The number of aryl methyl sites for hydroxylation is 2. The van der Waals surface area contributed by atoms with Crippen molar-refractivity contribution < 1.29 is 8.42 Å². The molecule has 2 aliphatic carbocycles. The smallest absolute Gasteiger partial charge is 0.235 e. The fraction of sp³-hybridized carbons (Fsp3) is 0.381. The van der Waals surface area contributed by atoms with E-state index >= 15 is 0 Å². The molecule has 0 amide bonds. The van der Waals surface area contributed by atoms with Crippen molar-refractivity contribution in [1.82, 2.24) is 20.2 Å². The zero-order chi connectivity index (χ0) is 21.6. The Morgan fingerprint density at radius 3 is 2.55 bits per heavy atom. The Morgan fingerprint density at radius 2 is 1.84 bits per heavy atom. The molecule has 2 fully saturated rings. The second-order valence-corrected chi connectivity index (χ2v) is 10.3. The number of anilines is 5. The maximum Gasteiger partial charge on any atom is 0.235 e. The first-order chi connectivity index (χ1) is 14.9. The molecule has 31 heavy (non-hydrogen) atoms. The molecule has 4 N–H and O–H groups in total. The average molecular weight is 440 g/mol. The molecule has 0 spiro atoms. The maximum atomic E-state index is 12.2. The summed E-state index contributed by atoms with van der Waals surface area (Å²) in [5.41, 5.74) is 4.36. The van der Waals surface area contributed by atoms with E-state index in [9.17, 15) is 8.42 Å². The summed E-state index contributed by atoms with van der Waals surface area (Å²) in [6, 6.07) is 7.43. The monoisotopic (exact) mass is 439 g/mol. The predicted molar refractivity (Wildman–Crippen MR) is 121 cm³/mol. The number of benzene rings is 1. The minimum absolute atomic E-state index is 0.255. The summed E-state index contributed by atoms with van der Waals surface area (Å²) < 4.78 is 27.0. The highest BCUT2D eigenvalue weighted by atomic mass is 32.2. The van der Waals surface area contributed by atoms with E-state index in [1.165, 1.54) is 12.8 Å². The van der Waals surface area contributed by atoms with E-state index in [1.807, 2.05) is 32.0 Å². The first-order valence-corrected chi connectivity index (χ1v) is 12.0. The Bertz CT molecular complexity index is 1230. The van der Waals surface area contributed by atoms with Crippen LogP contribution in [0.3, 0.4) is 0 Å². The first kappa shape index (κ1) is 19.8. The summed E-state index contributed by atoms with van der Waals surface area (Å²) in [5, 5.41) is 13.6. The van der Waals surface area contributed by atoms with Crippen molar-refractivity contribution in [2.75, 3.05) is 15.4 Å². The maximum absolute atomic E-state index is 12.2. The summed E-state index contributed by atoms with van der Waals surface area (Å²) in [6.45, 7) is 3.86. The largest absolute Gasteiger partial charge is 0.340 e. The molecule has 0 radical (unpaired) electrons. The molecule has 0 bridgehead atoms. The van der Waals surface area contributed by atoms with Gasteiger partial charge in [0.1, 0.15) is 5.82 Å². The number of hydrogen-bond donors (Lipinski definition) is 4. The molecule has 10 heteroatoms. The lowest BCUT2D eigenvalue weighted by Crippen LogP contribution is -2.17. The fourth-order valence-corrected chi connectivity index (χ4v) is 4.75. The predicted octanol–water partition coefficient (Wildman–Crippen LogP) is 4.09. The quantitative estimate of drug-likeness (QED) is 0.417. The highest BCUT2D eigenvalue weighted by Gasteiger charge is 2.35. The third-order valence-electron chi connectivity index (χ3n) is 5.53. The lowest BCUT2D eigenvalue weighted by molar-refractivity contribution is 0.600. The zero-order valence-electron chi connectivity index (χ0n) is 17.4. The van der Waals surface area contributed by atoms with Gasteiger partial charge in [-0.25, -0.2) is 13.4 Å². The second-order valence-electron chi connectivity index (χ2n) is 8.33. The number of aromatic amines is 1. The van der Waals surface area contributed by atoms with Crippen molar-refractivity contribution in [3.05, 3.63) is 47.3 Å². The number of rotatable bonds is 8. The Morgan fingerprint density at radius 1 is 1.03 bits per heavy atom. The van der Waals surface area contributed by atoms with Crippen LogP contribution < -0.4 is 15.4 Å². The van der Waals surface area contributed by atoms with Gasteiger partial charge in [0.05, 0.1) is 5.25 Å². The van der Waals surface area contributed by atoms with Crippen LogP contribution in [0.15, 0.2) is 30.5 Å². The highest BCUT2D eigenvalue weighted by molar-refractivity contribution is 7.93. The minimum atomic E-state index is -3.28. The molecule has 9 nitrogen and oxygen atoms in total. The van der Waals surface area contributed by atoms with Crippen LogP contribution in [0.1, 0.15) is 48.4 Å². The van der Waals surface area contributed by atoms with Gasteiger partial charge in [-0.2, -0.15) is 10.1 Å². The van der Waals surface area contributed by atoms with E-state index in [-0.39, 0.29) is 5.25 Å². The standard InChI is InChI=1S/C21H25N7O2S/c1-12-9-15(28-31(29,30)16-6-7-16)5-8-17(12)23-20-13(2)11-22-21(25-20)24-19-10-18(26-27-19)14-3-4-14/h5,8-11,14,16,28H,3-4,6-7H2,1-2H3,(H3,22,23,24,25,26,27). The van der Waals surface area contributed by atoms with Gasteiger partial charge in [0.15, 0.2) is 5.82 Å². The van der Waals surface area contributed by atoms with E-state index in [1.54, 1.807) is 12.3 Å². The molecule has 3 aromatic rings. The van der Waals surface area contributed by atoms with E-state index in [2.05, 4.69) is 35.5 Å². The summed E-state index contributed by atoms with van der Waals surface area (Å²) in [6.07, 6.45) is 5.63. The van der Waals surface area contributed by atoms with Crippen molar-refractivity contribution in [3.63, 3.8) is 0 Å². The zero-order valence-corrected chi connectivity index (χ0v) is 18.3. The molecule has 0 unspecified atom stereocenters. The van der Waals surface area contributed by atoms with Crippen LogP contribution >= 0.6 is 0 Å². The van der Waals surface area contributed by atoms with Gasteiger partial charge in [-0.1, -0.05) is 0 Å². The Labute approximate surface area is 181 Å². The van der Waals surface area contributed by atoms with Crippen LogP contribution in [-0.4, -0.2) is 33.8 Å². The van der Waals surface area contributed by atoms with Gasteiger partial charge in [-0.05, 0) is 63.3 Å². The Kier molecular flexibility index (Phi) is 4.81. The van der Waals surface area contributed by atoms with Crippen molar-refractivity contribution >= 4 is 39.0 Å². The molecule has 0 aliphatic heterocycles. The first-order valence-electron chi connectivity index (χ1n) is 10.4. The lowest BCUT2D eigenvalue weighted by atomic mass is 10.1. The van der Waals surface area contributed by atoms with Crippen molar-refractivity contribution in [2.45, 2.75) is 50.7 Å². The van der Waals surface area contributed by atoms with E-state index in [0.29, 0.717) is 29.2 Å². The average Bonchev–Trinajstić information content (AvgIpc) is 3.64. The molecule has 0 atom stereocenters. The summed E-state index contributed by atoms with van der Waals surface area (Å²) in [4.78, 5) is 8.94. The van der Waals surface area contributed by atoms with Crippen LogP contribution in [0.5, 0.6) is 0 Å². The number of hydrogen-bond acceptors (Lipinski definition) is 7. The number of aromatic nitrogens is 4. The normalized spacial score (nSPS) is 16.2. The molecule has 2 saturated carbocycles. The van der Waals surface area contributed by atoms with Gasteiger partial charge in [-0.3, -0.25) is 9.82 Å². The number of nitrogens with one attached hydrogen (secondary N) is 4. The van der Waals surface area contributed by atoms with Crippen LogP contribution in [0.2, 0.25) is 0 Å².